The molecule has 1 rings (SSSR count). The molecule has 0 radical (unpaired) electrons. The minimum Gasteiger partial charge on any atom is -0.294 e. The second-order valence-corrected chi connectivity index (χ2v) is 3.62. The van der Waals surface area contributed by atoms with E-state index in [2.05, 4.69) is 0 Å². The van der Waals surface area contributed by atoms with Crippen LogP contribution in [0, 0.1) is 0 Å². The van der Waals surface area contributed by atoms with Gasteiger partial charge < -0.3 is 0 Å². The summed E-state index contributed by atoms with van der Waals surface area (Å²) in [5.41, 5.74) is -2.95. The lowest BCUT2D eigenvalue weighted by Crippen LogP contribution is -2.10. The Morgan fingerprint density at radius 1 is 1.29 bits per heavy atom. The number of alkyl halides is 5. The Kier molecular flexibility index (Phi) is 3.76. The smallest absolute Gasteiger partial charge is 0.294 e. The van der Waals surface area contributed by atoms with Crippen LogP contribution in [0.15, 0.2) is 12.1 Å². The van der Waals surface area contributed by atoms with Crippen molar-refractivity contribution in [3.05, 3.63) is 33.8 Å². The van der Waals surface area contributed by atoms with E-state index in [-0.39, 0.29) is 0 Å². The maximum Gasteiger partial charge on any atom is 0.417 e. The first kappa shape index (κ1) is 13.9. The van der Waals surface area contributed by atoms with Gasteiger partial charge >= 0.3 is 6.18 Å². The summed E-state index contributed by atoms with van der Waals surface area (Å²) in [5, 5.41) is -1.12. The molecule has 7 heteroatoms. The maximum atomic E-state index is 12.6. The molecule has 0 aliphatic rings. The average molecular weight is 273 g/mol. The van der Waals surface area contributed by atoms with E-state index < -0.39 is 40.1 Å². The Bertz CT molecular complexity index is 453. The molecule has 0 saturated heterocycles. The van der Waals surface area contributed by atoms with Gasteiger partial charge in [0.2, 0.25) is 0 Å². The number of benzene rings is 1. The van der Waals surface area contributed by atoms with Crippen LogP contribution in [0.25, 0.3) is 0 Å². The number of halogens is 6. The number of rotatable bonds is 2. The Morgan fingerprint density at radius 3 is 2.18 bits per heavy atom. The van der Waals surface area contributed by atoms with Crippen LogP contribution in [0.3, 0.4) is 0 Å². The number of Topliss-reactive ketones (excluding diaryl/α,β-unsaturated/α-hetero) is 1. The van der Waals surface area contributed by atoms with Gasteiger partial charge in [0.25, 0.3) is 6.43 Å². The highest BCUT2D eigenvalue weighted by Crippen LogP contribution is 2.40. The van der Waals surface area contributed by atoms with E-state index in [1.807, 2.05) is 0 Å². The molecule has 1 aromatic carbocycles. The molecule has 17 heavy (non-hydrogen) atoms. The van der Waals surface area contributed by atoms with Crippen molar-refractivity contribution >= 4 is 17.4 Å². The van der Waals surface area contributed by atoms with Gasteiger partial charge in [0.1, 0.15) is 0 Å². The lowest BCUT2D eigenvalue weighted by molar-refractivity contribution is -0.137. The van der Waals surface area contributed by atoms with Crippen LogP contribution in [-0.2, 0) is 6.18 Å². The molecule has 0 amide bonds. The monoisotopic (exact) mass is 272 g/mol. The van der Waals surface area contributed by atoms with Crippen LogP contribution in [0.5, 0.6) is 0 Å². The third-order valence-corrected chi connectivity index (χ3v) is 2.49. The lowest BCUT2D eigenvalue weighted by atomic mass is 10.0. The van der Waals surface area contributed by atoms with Gasteiger partial charge in [0.15, 0.2) is 5.78 Å². The van der Waals surface area contributed by atoms with E-state index >= 15 is 0 Å². The Hall–Kier alpha value is -1.17. The van der Waals surface area contributed by atoms with Crippen molar-refractivity contribution in [2.24, 2.45) is 0 Å². The van der Waals surface area contributed by atoms with Gasteiger partial charge in [-0.2, -0.15) is 13.2 Å². The second-order valence-electron chi connectivity index (χ2n) is 3.24. The van der Waals surface area contributed by atoms with E-state index in [9.17, 15) is 26.7 Å². The molecule has 0 aromatic heterocycles. The zero-order chi connectivity index (χ0) is 13.4. The highest BCUT2D eigenvalue weighted by Gasteiger charge is 2.36. The summed E-state index contributed by atoms with van der Waals surface area (Å²) in [6.45, 7) is 0.977. The van der Waals surface area contributed by atoms with Gasteiger partial charge in [0.05, 0.1) is 10.6 Å². The number of ketones is 1. The predicted octanol–water partition coefficient (Wildman–Crippen LogP) is 4.50. The fourth-order valence-corrected chi connectivity index (χ4v) is 1.69. The quantitative estimate of drug-likeness (QED) is 0.572. The third kappa shape index (κ3) is 2.74. The Balaban J connectivity index is 3.55. The van der Waals surface area contributed by atoms with Crippen LogP contribution in [0.4, 0.5) is 22.0 Å². The van der Waals surface area contributed by atoms with E-state index in [1.165, 1.54) is 0 Å². The minimum absolute atomic E-state index is 0.502. The fourth-order valence-electron chi connectivity index (χ4n) is 1.33. The van der Waals surface area contributed by atoms with Crippen molar-refractivity contribution in [1.82, 2.24) is 0 Å². The number of hydrogen-bond donors (Lipinski definition) is 0. The molecular formula is C10H6ClF5O. The zero-order valence-electron chi connectivity index (χ0n) is 8.41. The van der Waals surface area contributed by atoms with E-state index in [4.69, 9.17) is 11.6 Å². The van der Waals surface area contributed by atoms with Crippen molar-refractivity contribution in [1.29, 1.82) is 0 Å². The van der Waals surface area contributed by atoms with Crippen LogP contribution >= 0.6 is 11.6 Å². The van der Waals surface area contributed by atoms with Gasteiger partial charge in [-0.15, -0.1) is 0 Å². The van der Waals surface area contributed by atoms with Gasteiger partial charge in [-0.25, -0.2) is 8.78 Å². The van der Waals surface area contributed by atoms with Gasteiger partial charge in [-0.05, 0) is 13.0 Å². The highest BCUT2D eigenvalue weighted by atomic mass is 35.5. The van der Waals surface area contributed by atoms with Gasteiger partial charge in [-0.3, -0.25) is 4.79 Å². The Morgan fingerprint density at radius 2 is 1.82 bits per heavy atom. The molecule has 94 valence electrons. The molecule has 0 N–H and O–H groups in total. The van der Waals surface area contributed by atoms with Gasteiger partial charge in [-0.1, -0.05) is 17.7 Å². The molecule has 0 heterocycles. The summed E-state index contributed by atoms with van der Waals surface area (Å²) in [4.78, 5) is 11.0. The average Bonchev–Trinajstić information content (AvgIpc) is 2.13. The van der Waals surface area contributed by atoms with E-state index in [1.54, 1.807) is 0 Å². The molecule has 1 nitrogen and oxygen atoms in total. The molecule has 0 aliphatic heterocycles. The van der Waals surface area contributed by atoms with Crippen molar-refractivity contribution in [2.75, 3.05) is 0 Å². The van der Waals surface area contributed by atoms with E-state index in [0.29, 0.717) is 12.1 Å². The predicted molar refractivity (Wildman–Crippen MR) is 51.4 cm³/mol. The first-order chi connectivity index (χ1) is 7.66. The maximum absolute atomic E-state index is 12.6. The van der Waals surface area contributed by atoms with Crippen LogP contribution in [0.2, 0.25) is 5.02 Å². The SMILES string of the molecule is CC(=O)c1ccc(C(F)(F)F)c(Cl)c1C(F)F. The number of carbonyl (C=O) groups is 1. The number of hydrogen-bond acceptors (Lipinski definition) is 1. The zero-order valence-corrected chi connectivity index (χ0v) is 9.16. The molecule has 0 unspecified atom stereocenters. The molecule has 1 aromatic rings. The summed E-state index contributed by atoms with van der Waals surface area (Å²) >= 11 is 5.29. The van der Waals surface area contributed by atoms with Crippen molar-refractivity contribution < 1.29 is 26.7 Å². The van der Waals surface area contributed by atoms with Crippen LogP contribution in [0.1, 0.15) is 34.8 Å². The summed E-state index contributed by atoms with van der Waals surface area (Å²) < 4.78 is 62.5. The molecule has 0 atom stereocenters. The first-order valence-electron chi connectivity index (χ1n) is 4.35. The first-order valence-corrected chi connectivity index (χ1v) is 4.72. The second kappa shape index (κ2) is 4.60. The fraction of sp³-hybridized carbons (Fsp3) is 0.300. The Labute approximate surface area is 98.2 Å². The lowest BCUT2D eigenvalue weighted by Gasteiger charge is -2.14. The molecule has 0 saturated carbocycles. The summed E-state index contributed by atoms with van der Waals surface area (Å²) in [7, 11) is 0. The molecular weight excluding hydrogens is 267 g/mol. The van der Waals surface area contributed by atoms with Crippen molar-refractivity contribution in [3.8, 4) is 0 Å². The summed E-state index contributed by atoms with van der Waals surface area (Å²) in [5.74, 6) is -0.768. The minimum atomic E-state index is -4.84. The van der Waals surface area contributed by atoms with Gasteiger partial charge in [0, 0.05) is 11.1 Å². The summed E-state index contributed by atoms with van der Waals surface area (Å²) in [6, 6.07) is 1.23. The summed E-state index contributed by atoms with van der Waals surface area (Å²) in [6.07, 6.45) is -8.08. The van der Waals surface area contributed by atoms with Crippen LogP contribution in [-0.4, -0.2) is 5.78 Å². The largest absolute Gasteiger partial charge is 0.417 e. The molecule has 0 spiro atoms. The topological polar surface area (TPSA) is 17.1 Å². The van der Waals surface area contributed by atoms with Crippen molar-refractivity contribution in [2.45, 2.75) is 19.5 Å². The molecule has 0 aliphatic carbocycles. The standard InChI is InChI=1S/C10H6ClF5O/c1-4(17)5-2-3-6(10(14,15)16)8(11)7(5)9(12)13/h2-3,9H,1H3. The van der Waals surface area contributed by atoms with E-state index in [0.717, 1.165) is 6.92 Å². The van der Waals surface area contributed by atoms with Crippen molar-refractivity contribution in [3.63, 3.8) is 0 Å². The third-order valence-electron chi connectivity index (χ3n) is 2.08. The number of carbonyl (C=O) groups excluding carboxylic acids is 1. The normalized spacial score (nSPS) is 12.0. The molecule has 0 fully saturated rings. The molecule has 0 bridgehead atoms. The highest BCUT2D eigenvalue weighted by molar-refractivity contribution is 6.32. The van der Waals surface area contributed by atoms with Crippen LogP contribution < -0.4 is 0 Å².